The summed E-state index contributed by atoms with van der Waals surface area (Å²) in [6.07, 6.45) is 4.32. The van der Waals surface area contributed by atoms with Crippen LogP contribution in [0, 0.1) is 17.8 Å². The minimum atomic E-state index is -0.133. The Kier molecular flexibility index (Phi) is 3.17. The minimum Gasteiger partial charge on any atom is -0.274 e. The fourth-order valence-corrected chi connectivity index (χ4v) is 3.65. The van der Waals surface area contributed by atoms with Crippen LogP contribution in [-0.4, -0.2) is 16.8 Å². The predicted molar refractivity (Wildman–Crippen MR) is 74.4 cm³/mol. The van der Waals surface area contributed by atoms with E-state index < -0.39 is 0 Å². The highest BCUT2D eigenvalue weighted by Crippen LogP contribution is 2.45. The van der Waals surface area contributed by atoms with Gasteiger partial charge in [0.1, 0.15) is 0 Å². The van der Waals surface area contributed by atoms with Gasteiger partial charge in [-0.05, 0) is 46.8 Å². The highest BCUT2D eigenvalue weighted by atomic mass is 79.9. The standard InChI is InChI=1S/C14H15BrN2O2/c1-2-8-6-9-10(7-8)14(19)17(13(9)18)12-11(15)4-3-5-16-12/h3-5,8-10H,2,6-7H2,1H3. The topological polar surface area (TPSA) is 50.3 Å². The van der Waals surface area contributed by atoms with Crippen molar-refractivity contribution in [1.82, 2.24) is 4.98 Å². The van der Waals surface area contributed by atoms with Crippen molar-refractivity contribution in [2.75, 3.05) is 4.90 Å². The summed E-state index contributed by atoms with van der Waals surface area (Å²) < 4.78 is 0.684. The summed E-state index contributed by atoms with van der Waals surface area (Å²) in [6, 6.07) is 3.57. The first-order chi connectivity index (χ1) is 9.13. The van der Waals surface area contributed by atoms with Gasteiger partial charge in [-0.2, -0.15) is 0 Å². The molecular weight excluding hydrogens is 308 g/mol. The van der Waals surface area contributed by atoms with Crippen LogP contribution >= 0.6 is 15.9 Å². The molecule has 0 bridgehead atoms. The Bertz CT molecular complexity index is 522. The molecule has 2 amide bonds. The molecule has 0 aromatic carbocycles. The molecule has 2 heterocycles. The first-order valence-electron chi connectivity index (χ1n) is 6.61. The lowest BCUT2D eigenvalue weighted by Crippen LogP contribution is -2.33. The maximum atomic E-state index is 12.5. The molecule has 1 aliphatic carbocycles. The van der Waals surface area contributed by atoms with Gasteiger partial charge in [-0.1, -0.05) is 13.3 Å². The second-order valence-corrected chi connectivity index (χ2v) is 6.13. The molecule has 1 saturated carbocycles. The van der Waals surface area contributed by atoms with Crippen LogP contribution in [0.3, 0.4) is 0 Å². The second kappa shape index (κ2) is 4.71. The average molecular weight is 323 g/mol. The third-order valence-electron chi connectivity index (χ3n) is 4.26. The zero-order valence-corrected chi connectivity index (χ0v) is 12.3. The van der Waals surface area contributed by atoms with Crippen molar-refractivity contribution < 1.29 is 9.59 Å². The first kappa shape index (κ1) is 12.8. The predicted octanol–water partition coefficient (Wildman–Crippen LogP) is 2.77. The van der Waals surface area contributed by atoms with E-state index in [9.17, 15) is 9.59 Å². The molecule has 100 valence electrons. The quantitative estimate of drug-likeness (QED) is 0.787. The van der Waals surface area contributed by atoms with Crippen molar-refractivity contribution >= 4 is 33.6 Å². The van der Waals surface area contributed by atoms with Gasteiger partial charge in [0.2, 0.25) is 11.8 Å². The molecule has 2 atom stereocenters. The van der Waals surface area contributed by atoms with Crippen LogP contribution in [0.1, 0.15) is 26.2 Å². The van der Waals surface area contributed by atoms with Gasteiger partial charge in [0, 0.05) is 6.20 Å². The minimum absolute atomic E-state index is 0.0784. The smallest absolute Gasteiger partial charge is 0.238 e. The van der Waals surface area contributed by atoms with Crippen molar-refractivity contribution in [3.63, 3.8) is 0 Å². The molecular formula is C14H15BrN2O2. The Balaban J connectivity index is 1.93. The number of imide groups is 1. The van der Waals surface area contributed by atoms with Crippen molar-refractivity contribution in [3.05, 3.63) is 22.8 Å². The molecule has 2 fully saturated rings. The number of carbonyl (C=O) groups excluding carboxylic acids is 2. The monoisotopic (exact) mass is 322 g/mol. The molecule has 1 saturated heterocycles. The Morgan fingerprint density at radius 1 is 1.32 bits per heavy atom. The molecule has 5 heteroatoms. The lowest BCUT2D eigenvalue weighted by atomic mass is 10.00. The Hall–Kier alpha value is -1.23. The molecule has 3 rings (SSSR count). The summed E-state index contributed by atoms with van der Waals surface area (Å²) in [6.45, 7) is 2.12. The van der Waals surface area contributed by atoms with E-state index in [-0.39, 0.29) is 23.7 Å². The highest BCUT2D eigenvalue weighted by Gasteiger charge is 2.53. The van der Waals surface area contributed by atoms with E-state index in [1.807, 2.05) is 0 Å². The summed E-state index contributed by atoms with van der Waals surface area (Å²) in [7, 11) is 0. The zero-order valence-electron chi connectivity index (χ0n) is 10.7. The lowest BCUT2D eigenvalue weighted by Gasteiger charge is -2.17. The van der Waals surface area contributed by atoms with Crippen molar-refractivity contribution in [3.8, 4) is 0 Å². The van der Waals surface area contributed by atoms with Gasteiger partial charge in [0.25, 0.3) is 0 Å². The zero-order chi connectivity index (χ0) is 13.6. The SMILES string of the molecule is CCC1CC2C(=O)N(c3ncccc3Br)C(=O)C2C1. The van der Waals surface area contributed by atoms with E-state index in [1.165, 1.54) is 4.90 Å². The van der Waals surface area contributed by atoms with E-state index in [1.54, 1.807) is 18.3 Å². The number of halogens is 1. The molecule has 1 aromatic rings. The van der Waals surface area contributed by atoms with Crippen molar-refractivity contribution in [2.24, 2.45) is 17.8 Å². The maximum Gasteiger partial charge on any atom is 0.238 e. The van der Waals surface area contributed by atoms with Gasteiger partial charge >= 0.3 is 0 Å². The number of amides is 2. The maximum absolute atomic E-state index is 12.5. The Morgan fingerprint density at radius 2 is 1.95 bits per heavy atom. The van der Waals surface area contributed by atoms with Gasteiger partial charge in [-0.25, -0.2) is 9.88 Å². The third-order valence-corrected chi connectivity index (χ3v) is 4.88. The Labute approximate surface area is 120 Å². The molecule has 2 aliphatic rings. The number of hydrogen-bond acceptors (Lipinski definition) is 3. The molecule has 0 N–H and O–H groups in total. The number of hydrogen-bond donors (Lipinski definition) is 0. The second-order valence-electron chi connectivity index (χ2n) is 5.28. The van der Waals surface area contributed by atoms with E-state index in [0.717, 1.165) is 19.3 Å². The van der Waals surface area contributed by atoms with Gasteiger partial charge in [0.15, 0.2) is 5.82 Å². The molecule has 1 aliphatic heterocycles. The largest absolute Gasteiger partial charge is 0.274 e. The van der Waals surface area contributed by atoms with Gasteiger partial charge in [0.05, 0.1) is 16.3 Å². The number of aromatic nitrogens is 1. The van der Waals surface area contributed by atoms with Crippen LogP contribution in [0.25, 0.3) is 0 Å². The summed E-state index contributed by atoms with van der Waals surface area (Å²) in [5, 5.41) is 0. The number of rotatable bonds is 2. The van der Waals surface area contributed by atoms with Crippen LogP contribution in [0.2, 0.25) is 0 Å². The van der Waals surface area contributed by atoms with Gasteiger partial charge < -0.3 is 0 Å². The van der Waals surface area contributed by atoms with Gasteiger partial charge in [-0.15, -0.1) is 0 Å². The number of anilines is 1. The van der Waals surface area contributed by atoms with Crippen LogP contribution in [0.4, 0.5) is 5.82 Å². The molecule has 1 aromatic heterocycles. The summed E-state index contributed by atoms with van der Waals surface area (Å²) in [4.78, 5) is 30.3. The molecule has 19 heavy (non-hydrogen) atoms. The average Bonchev–Trinajstić information content (AvgIpc) is 2.92. The Morgan fingerprint density at radius 3 is 2.47 bits per heavy atom. The van der Waals surface area contributed by atoms with E-state index in [4.69, 9.17) is 0 Å². The fourth-order valence-electron chi connectivity index (χ4n) is 3.21. The van der Waals surface area contributed by atoms with Crippen LogP contribution in [-0.2, 0) is 9.59 Å². The fraction of sp³-hybridized carbons (Fsp3) is 0.500. The molecule has 0 spiro atoms. The van der Waals surface area contributed by atoms with E-state index in [0.29, 0.717) is 16.2 Å². The van der Waals surface area contributed by atoms with Gasteiger partial charge in [-0.3, -0.25) is 9.59 Å². The molecule has 4 nitrogen and oxygen atoms in total. The van der Waals surface area contributed by atoms with Crippen molar-refractivity contribution in [1.29, 1.82) is 0 Å². The first-order valence-corrected chi connectivity index (χ1v) is 7.41. The lowest BCUT2D eigenvalue weighted by molar-refractivity contribution is -0.123. The highest BCUT2D eigenvalue weighted by molar-refractivity contribution is 9.10. The van der Waals surface area contributed by atoms with E-state index in [2.05, 4.69) is 27.8 Å². The normalized spacial score (nSPS) is 30.0. The molecule has 0 radical (unpaired) electrons. The number of pyridine rings is 1. The number of nitrogens with zero attached hydrogens (tertiary/aromatic N) is 2. The summed E-state index contributed by atoms with van der Waals surface area (Å²) >= 11 is 3.36. The molecule has 2 unspecified atom stereocenters. The summed E-state index contributed by atoms with van der Waals surface area (Å²) in [5.74, 6) is 0.519. The summed E-state index contributed by atoms with van der Waals surface area (Å²) in [5.41, 5.74) is 0. The third kappa shape index (κ3) is 1.91. The van der Waals surface area contributed by atoms with Crippen LogP contribution in [0.15, 0.2) is 22.8 Å². The van der Waals surface area contributed by atoms with E-state index >= 15 is 0 Å². The van der Waals surface area contributed by atoms with Crippen molar-refractivity contribution in [2.45, 2.75) is 26.2 Å². The number of carbonyl (C=O) groups is 2. The van der Waals surface area contributed by atoms with Crippen LogP contribution in [0.5, 0.6) is 0 Å². The van der Waals surface area contributed by atoms with Crippen LogP contribution < -0.4 is 4.90 Å². The number of fused-ring (bicyclic) bond motifs is 1.